The van der Waals surface area contributed by atoms with E-state index in [1.807, 2.05) is 0 Å². The summed E-state index contributed by atoms with van der Waals surface area (Å²) < 4.78 is 23.9. The monoisotopic (exact) mass is 295 g/mol. The lowest BCUT2D eigenvalue weighted by Gasteiger charge is -2.24. The van der Waals surface area contributed by atoms with E-state index in [4.69, 9.17) is 5.11 Å². The van der Waals surface area contributed by atoms with E-state index in [9.17, 15) is 18.0 Å². The maximum atomic E-state index is 11.5. The Hall–Kier alpha value is -1.35. The minimum absolute atomic E-state index is 0.0915. The number of nitrogens with one attached hydrogen (secondary N) is 2. The third-order valence-electron chi connectivity index (χ3n) is 2.77. The summed E-state index contributed by atoms with van der Waals surface area (Å²) in [5, 5.41) is 13.6. The smallest absolute Gasteiger partial charge is 0.329 e. The van der Waals surface area contributed by atoms with E-state index in [0.717, 1.165) is 4.31 Å². The lowest BCUT2D eigenvalue weighted by molar-refractivity contribution is -0.143. The van der Waals surface area contributed by atoms with Crippen molar-refractivity contribution in [3.8, 4) is 0 Å². The van der Waals surface area contributed by atoms with Crippen molar-refractivity contribution in [2.45, 2.75) is 25.8 Å². The van der Waals surface area contributed by atoms with Crippen LogP contribution in [-0.2, 0) is 14.8 Å². The number of carboxylic acids is 1. The molecule has 3 N–H and O–H groups in total. The molecule has 8 nitrogen and oxygen atoms in total. The number of carboxylic acid groups (broad SMARTS) is 1. The molecule has 0 spiro atoms. The fraction of sp³-hybridized carbons (Fsp3) is 0.800. The number of urea groups is 1. The molecule has 2 amide bonds. The van der Waals surface area contributed by atoms with Crippen LogP contribution < -0.4 is 10.6 Å². The molecule has 9 heteroatoms. The van der Waals surface area contributed by atoms with Gasteiger partial charge >= 0.3 is 12.0 Å². The molecule has 0 aromatic rings. The maximum absolute atomic E-state index is 11.5. The van der Waals surface area contributed by atoms with E-state index in [-0.39, 0.29) is 18.7 Å². The molecule has 0 heterocycles. The molecular weight excluding hydrogens is 274 g/mol. The van der Waals surface area contributed by atoms with Crippen LogP contribution in [0.25, 0.3) is 0 Å². The number of aliphatic carboxylic acids is 1. The number of hydrogen-bond donors (Lipinski definition) is 3. The van der Waals surface area contributed by atoms with Gasteiger partial charge in [0.05, 0.1) is 5.75 Å². The summed E-state index contributed by atoms with van der Waals surface area (Å²) in [4.78, 5) is 22.4. The van der Waals surface area contributed by atoms with Gasteiger partial charge in [-0.2, -0.15) is 0 Å². The van der Waals surface area contributed by atoms with E-state index in [1.54, 1.807) is 6.92 Å². The van der Waals surface area contributed by atoms with Gasteiger partial charge in [-0.1, -0.05) is 6.92 Å². The molecule has 0 rings (SSSR count). The molecule has 0 aromatic heterocycles. The zero-order chi connectivity index (χ0) is 15.3. The Morgan fingerprint density at radius 2 is 1.84 bits per heavy atom. The van der Waals surface area contributed by atoms with Crippen molar-refractivity contribution in [1.29, 1.82) is 0 Å². The third-order valence-corrected chi connectivity index (χ3v) is 4.60. The van der Waals surface area contributed by atoms with Gasteiger partial charge in [-0.3, -0.25) is 0 Å². The number of nitrogens with zero attached hydrogens (tertiary/aromatic N) is 1. The summed E-state index contributed by atoms with van der Waals surface area (Å²) in [6, 6.07) is -0.708. The highest BCUT2D eigenvalue weighted by molar-refractivity contribution is 7.89. The minimum Gasteiger partial charge on any atom is -0.480 e. The van der Waals surface area contributed by atoms with Crippen LogP contribution in [0, 0.1) is 0 Å². The number of amides is 2. The highest BCUT2D eigenvalue weighted by atomic mass is 32.2. The highest BCUT2D eigenvalue weighted by Gasteiger charge is 2.32. The van der Waals surface area contributed by atoms with Gasteiger partial charge in [0, 0.05) is 20.6 Å². The molecule has 0 saturated heterocycles. The molecule has 0 aliphatic rings. The van der Waals surface area contributed by atoms with Crippen molar-refractivity contribution in [3.63, 3.8) is 0 Å². The molecule has 0 radical (unpaired) electrons. The molecule has 0 aliphatic heterocycles. The second-order valence-electron chi connectivity index (χ2n) is 4.47. The molecule has 0 bridgehead atoms. The van der Waals surface area contributed by atoms with Gasteiger partial charge in [0.25, 0.3) is 0 Å². The van der Waals surface area contributed by atoms with Crippen molar-refractivity contribution in [1.82, 2.24) is 14.9 Å². The average Bonchev–Trinajstić information content (AvgIpc) is 2.27. The first-order valence-electron chi connectivity index (χ1n) is 5.75. The minimum atomic E-state index is -3.38. The van der Waals surface area contributed by atoms with Gasteiger partial charge in [0.15, 0.2) is 0 Å². The molecule has 1 unspecified atom stereocenters. The van der Waals surface area contributed by atoms with Crippen LogP contribution in [0.2, 0.25) is 0 Å². The van der Waals surface area contributed by atoms with Crippen molar-refractivity contribution >= 4 is 22.0 Å². The molecule has 112 valence electrons. The van der Waals surface area contributed by atoms with Crippen LogP contribution in [-0.4, -0.2) is 61.8 Å². The van der Waals surface area contributed by atoms with E-state index in [0.29, 0.717) is 0 Å². The van der Waals surface area contributed by atoms with E-state index in [1.165, 1.54) is 21.0 Å². The first kappa shape index (κ1) is 17.6. The van der Waals surface area contributed by atoms with Crippen LogP contribution in [0.4, 0.5) is 4.79 Å². The Morgan fingerprint density at radius 3 is 2.21 bits per heavy atom. The van der Waals surface area contributed by atoms with Crippen LogP contribution in [0.3, 0.4) is 0 Å². The Bertz CT molecular complexity index is 434. The standard InChI is InChI=1S/C10H21N3O5S/c1-5-10(2,8(14)15)12-9(16)11-6-7-19(17,18)13(3)4/h5-7H2,1-4H3,(H,14,15)(H2,11,12,16). The van der Waals surface area contributed by atoms with Crippen LogP contribution in [0.15, 0.2) is 0 Å². The average molecular weight is 295 g/mol. The number of hydrogen-bond acceptors (Lipinski definition) is 4. The van der Waals surface area contributed by atoms with E-state index >= 15 is 0 Å². The Morgan fingerprint density at radius 1 is 1.32 bits per heavy atom. The third kappa shape index (κ3) is 5.43. The second kappa shape index (κ2) is 6.71. The summed E-state index contributed by atoms with van der Waals surface area (Å²) in [5.74, 6) is -1.39. The number of carbonyl (C=O) groups is 2. The zero-order valence-electron chi connectivity index (χ0n) is 11.6. The van der Waals surface area contributed by atoms with Crippen LogP contribution in [0.1, 0.15) is 20.3 Å². The van der Waals surface area contributed by atoms with Gasteiger partial charge in [-0.15, -0.1) is 0 Å². The molecule has 0 fully saturated rings. The molecular formula is C10H21N3O5S. The maximum Gasteiger partial charge on any atom is 0.329 e. The number of rotatable bonds is 7. The van der Waals surface area contributed by atoms with Gasteiger partial charge in [-0.25, -0.2) is 22.3 Å². The summed E-state index contributed by atoms with van der Waals surface area (Å²) in [6.07, 6.45) is 0.214. The lowest BCUT2D eigenvalue weighted by atomic mass is 10.00. The van der Waals surface area contributed by atoms with Crippen LogP contribution in [0.5, 0.6) is 0 Å². The predicted molar refractivity (Wildman–Crippen MR) is 70.3 cm³/mol. The normalized spacial score (nSPS) is 14.8. The van der Waals surface area contributed by atoms with Crippen molar-refractivity contribution in [3.05, 3.63) is 0 Å². The van der Waals surface area contributed by atoms with E-state index < -0.39 is 27.6 Å². The van der Waals surface area contributed by atoms with Gasteiger partial charge < -0.3 is 15.7 Å². The summed E-state index contributed by atoms with van der Waals surface area (Å²) in [7, 11) is -0.591. The molecule has 0 aliphatic carbocycles. The summed E-state index contributed by atoms with van der Waals surface area (Å²) in [5.41, 5.74) is -1.37. The van der Waals surface area contributed by atoms with Crippen molar-refractivity contribution < 1.29 is 23.1 Å². The first-order chi connectivity index (χ1) is 8.55. The van der Waals surface area contributed by atoms with Crippen LogP contribution >= 0.6 is 0 Å². The SMILES string of the molecule is CCC(C)(NC(=O)NCCS(=O)(=O)N(C)C)C(=O)O. The van der Waals surface area contributed by atoms with Gasteiger partial charge in [0.2, 0.25) is 10.0 Å². The quantitative estimate of drug-likeness (QED) is 0.581. The summed E-state index contributed by atoms with van der Waals surface area (Å²) in [6.45, 7) is 2.92. The lowest BCUT2D eigenvalue weighted by Crippen LogP contribution is -2.55. The van der Waals surface area contributed by atoms with Gasteiger partial charge in [0.1, 0.15) is 5.54 Å². The predicted octanol–water partition coefficient (Wildman–Crippen LogP) is -0.570. The topological polar surface area (TPSA) is 116 Å². The molecule has 0 saturated carbocycles. The molecule has 19 heavy (non-hydrogen) atoms. The van der Waals surface area contributed by atoms with Crippen molar-refractivity contribution in [2.24, 2.45) is 0 Å². The highest BCUT2D eigenvalue weighted by Crippen LogP contribution is 2.08. The zero-order valence-corrected chi connectivity index (χ0v) is 12.4. The van der Waals surface area contributed by atoms with Crippen molar-refractivity contribution in [2.75, 3.05) is 26.4 Å². The number of carbonyl (C=O) groups excluding carboxylic acids is 1. The molecule has 1 atom stereocenters. The molecule has 0 aromatic carbocycles. The Kier molecular flexibility index (Phi) is 6.23. The van der Waals surface area contributed by atoms with Gasteiger partial charge in [-0.05, 0) is 13.3 Å². The fourth-order valence-electron chi connectivity index (χ4n) is 1.06. The first-order valence-corrected chi connectivity index (χ1v) is 7.35. The summed E-state index contributed by atoms with van der Waals surface area (Å²) >= 11 is 0. The Balaban J connectivity index is 4.32. The Labute approximate surface area is 113 Å². The number of sulfonamides is 1. The van der Waals surface area contributed by atoms with E-state index in [2.05, 4.69) is 10.6 Å². The fourth-order valence-corrected chi connectivity index (χ4v) is 1.79. The second-order valence-corrected chi connectivity index (χ2v) is 6.77. The largest absolute Gasteiger partial charge is 0.480 e.